The summed E-state index contributed by atoms with van der Waals surface area (Å²) >= 11 is 9.05. The highest BCUT2D eigenvalue weighted by atomic mass is 79.9. The molecule has 1 heterocycles. The van der Waals surface area contributed by atoms with Crippen molar-refractivity contribution in [3.8, 4) is 0 Å². The van der Waals surface area contributed by atoms with Crippen LogP contribution in [0.4, 0.5) is 13.2 Å². The van der Waals surface area contributed by atoms with Crippen LogP contribution in [0.5, 0.6) is 0 Å². The minimum Gasteiger partial charge on any atom is -0.311 e. The Bertz CT molecular complexity index is 646. The van der Waals surface area contributed by atoms with Gasteiger partial charge < -0.3 is 4.57 Å². The molecular weight excluding hydrogens is 344 g/mol. The molecule has 2 aromatic rings. The maximum Gasteiger partial charge on any atom is 0.412 e. The molecule has 0 bridgehead atoms. The third-order valence-corrected chi connectivity index (χ3v) is 4.22. The van der Waals surface area contributed by atoms with Crippen LogP contribution in [-0.2, 0) is 11.4 Å². The van der Waals surface area contributed by atoms with E-state index >= 15 is 0 Å². The molecule has 0 saturated heterocycles. The van der Waals surface area contributed by atoms with Crippen LogP contribution in [-0.4, -0.2) is 15.7 Å². The van der Waals surface area contributed by atoms with E-state index in [4.69, 9.17) is 11.6 Å². The number of benzene rings is 1. The smallest absolute Gasteiger partial charge is 0.311 e. The number of alkyl halides is 4. The van der Waals surface area contributed by atoms with E-state index in [1.165, 1.54) is 4.57 Å². The molecule has 0 N–H and O–H groups in total. The zero-order chi connectivity index (χ0) is 13.8. The fourth-order valence-corrected chi connectivity index (χ4v) is 2.95. The number of aromatic nitrogens is 2. The molecule has 0 aliphatic heterocycles. The van der Waals surface area contributed by atoms with E-state index in [1.807, 2.05) is 0 Å². The van der Waals surface area contributed by atoms with Gasteiger partial charge in [-0.2, -0.15) is 13.2 Å². The average Bonchev–Trinajstić information content (AvgIpc) is 3.05. The van der Waals surface area contributed by atoms with E-state index in [9.17, 15) is 13.2 Å². The number of hydrogen-bond donors (Lipinski definition) is 0. The van der Waals surface area contributed by atoms with E-state index in [0.717, 1.165) is 4.47 Å². The van der Waals surface area contributed by atoms with Gasteiger partial charge in [0.2, 0.25) is 0 Å². The number of fused-ring (bicyclic) bond motifs is 1. The van der Waals surface area contributed by atoms with Crippen molar-refractivity contribution in [2.45, 2.75) is 30.4 Å². The Balaban J connectivity index is 2.28. The van der Waals surface area contributed by atoms with Crippen molar-refractivity contribution >= 4 is 38.6 Å². The quantitative estimate of drug-likeness (QED) is 0.722. The van der Waals surface area contributed by atoms with Gasteiger partial charge in [-0.05, 0) is 31.0 Å². The molecule has 1 fully saturated rings. The second-order valence-corrected chi connectivity index (χ2v) is 5.84. The van der Waals surface area contributed by atoms with Crippen molar-refractivity contribution in [2.24, 2.45) is 0 Å². The lowest BCUT2D eigenvalue weighted by Crippen LogP contribution is -2.35. The monoisotopic (exact) mass is 352 g/mol. The van der Waals surface area contributed by atoms with E-state index < -0.39 is 11.7 Å². The number of hydrogen-bond acceptors (Lipinski definition) is 1. The fourth-order valence-electron chi connectivity index (χ4n) is 2.42. The largest absolute Gasteiger partial charge is 0.412 e. The highest BCUT2D eigenvalue weighted by Gasteiger charge is 2.65. The van der Waals surface area contributed by atoms with Crippen molar-refractivity contribution in [1.29, 1.82) is 0 Å². The normalized spacial score (nSPS) is 17.9. The summed E-state index contributed by atoms with van der Waals surface area (Å²) in [7, 11) is 0. The lowest BCUT2D eigenvalue weighted by Gasteiger charge is -2.23. The molecule has 19 heavy (non-hydrogen) atoms. The van der Waals surface area contributed by atoms with E-state index in [-0.39, 0.29) is 24.5 Å². The minimum absolute atomic E-state index is 0.0376. The van der Waals surface area contributed by atoms with Gasteiger partial charge in [0, 0.05) is 4.47 Å². The maximum atomic E-state index is 13.3. The molecule has 0 spiro atoms. The molecule has 1 aromatic heterocycles. The molecule has 7 heteroatoms. The Hall–Kier alpha value is -0.750. The third-order valence-electron chi connectivity index (χ3n) is 3.48. The number of nitrogens with zero attached hydrogens (tertiary/aromatic N) is 2. The molecule has 1 saturated carbocycles. The average molecular weight is 354 g/mol. The van der Waals surface area contributed by atoms with Gasteiger partial charge in [-0.1, -0.05) is 15.9 Å². The van der Waals surface area contributed by atoms with Gasteiger partial charge in [-0.25, -0.2) is 4.98 Å². The van der Waals surface area contributed by atoms with Crippen LogP contribution in [0.3, 0.4) is 0 Å². The highest BCUT2D eigenvalue weighted by Crippen LogP contribution is 2.57. The predicted octanol–water partition coefficient (Wildman–Crippen LogP) is 4.59. The summed E-state index contributed by atoms with van der Waals surface area (Å²) in [5.41, 5.74) is -0.811. The minimum atomic E-state index is -4.28. The van der Waals surface area contributed by atoms with Crippen molar-refractivity contribution in [3.05, 3.63) is 28.5 Å². The van der Waals surface area contributed by atoms with Gasteiger partial charge in [-0.3, -0.25) is 0 Å². The zero-order valence-electron chi connectivity index (χ0n) is 9.64. The summed E-state index contributed by atoms with van der Waals surface area (Å²) in [6.07, 6.45) is -4.11. The molecule has 1 aliphatic carbocycles. The van der Waals surface area contributed by atoms with Crippen LogP contribution >= 0.6 is 27.5 Å². The first-order valence-corrected chi connectivity index (χ1v) is 7.02. The lowest BCUT2D eigenvalue weighted by atomic mass is 10.2. The van der Waals surface area contributed by atoms with Crippen molar-refractivity contribution in [3.63, 3.8) is 0 Å². The molecule has 0 atom stereocenters. The number of rotatable bonds is 2. The van der Waals surface area contributed by atoms with E-state index in [1.54, 1.807) is 18.2 Å². The number of halogens is 5. The van der Waals surface area contributed by atoms with Crippen LogP contribution in [0.15, 0.2) is 22.7 Å². The van der Waals surface area contributed by atoms with Gasteiger partial charge in [-0.15, -0.1) is 11.6 Å². The van der Waals surface area contributed by atoms with Crippen LogP contribution in [0.25, 0.3) is 11.0 Å². The van der Waals surface area contributed by atoms with Crippen molar-refractivity contribution < 1.29 is 13.2 Å². The topological polar surface area (TPSA) is 17.8 Å². The summed E-state index contributed by atoms with van der Waals surface area (Å²) < 4.78 is 41.9. The van der Waals surface area contributed by atoms with Gasteiger partial charge in [0.25, 0.3) is 0 Å². The van der Waals surface area contributed by atoms with Crippen LogP contribution in [0.1, 0.15) is 18.7 Å². The van der Waals surface area contributed by atoms with Gasteiger partial charge in [0.1, 0.15) is 11.4 Å². The zero-order valence-corrected chi connectivity index (χ0v) is 12.0. The Morgan fingerprint density at radius 1 is 1.37 bits per heavy atom. The Labute approximate surface area is 120 Å². The molecule has 3 rings (SSSR count). The van der Waals surface area contributed by atoms with Gasteiger partial charge in [0.05, 0.1) is 16.9 Å². The second-order valence-electron chi connectivity index (χ2n) is 4.66. The molecule has 102 valence electrons. The van der Waals surface area contributed by atoms with Gasteiger partial charge >= 0.3 is 6.18 Å². The molecule has 1 aliphatic rings. The summed E-state index contributed by atoms with van der Waals surface area (Å²) in [5.74, 6) is 0.231. The van der Waals surface area contributed by atoms with Crippen LogP contribution in [0, 0.1) is 0 Å². The molecule has 0 unspecified atom stereocenters. The standard InChI is InChI=1S/C12H9BrClF3N2/c13-7-1-2-9-8(5-7)18-10(6-14)19(9)11(3-4-11)12(15,16)17/h1-2,5H,3-4,6H2. The Morgan fingerprint density at radius 3 is 2.58 bits per heavy atom. The molecule has 0 amide bonds. The first kappa shape index (κ1) is 13.2. The Morgan fingerprint density at radius 2 is 2.05 bits per heavy atom. The van der Waals surface area contributed by atoms with Crippen molar-refractivity contribution in [2.75, 3.05) is 0 Å². The number of imidazole rings is 1. The second kappa shape index (κ2) is 4.12. The molecule has 2 nitrogen and oxygen atoms in total. The first-order chi connectivity index (χ1) is 8.89. The maximum absolute atomic E-state index is 13.3. The Kier molecular flexibility index (Phi) is 2.87. The van der Waals surface area contributed by atoms with E-state index in [0.29, 0.717) is 11.0 Å². The summed E-state index contributed by atoms with van der Waals surface area (Å²) in [5, 5.41) is 0. The lowest BCUT2D eigenvalue weighted by molar-refractivity contribution is -0.179. The summed E-state index contributed by atoms with van der Waals surface area (Å²) in [6.45, 7) is 0. The predicted molar refractivity (Wildman–Crippen MR) is 70.3 cm³/mol. The molecule has 1 aromatic carbocycles. The summed E-state index contributed by atoms with van der Waals surface area (Å²) in [4.78, 5) is 4.21. The van der Waals surface area contributed by atoms with Gasteiger partial charge in [0.15, 0.2) is 0 Å². The molecule has 0 radical (unpaired) electrons. The fraction of sp³-hybridized carbons (Fsp3) is 0.417. The van der Waals surface area contributed by atoms with Crippen LogP contribution in [0.2, 0.25) is 0 Å². The van der Waals surface area contributed by atoms with Crippen LogP contribution < -0.4 is 0 Å². The third kappa shape index (κ3) is 1.88. The molecular formula is C12H9BrClF3N2. The highest BCUT2D eigenvalue weighted by molar-refractivity contribution is 9.10. The first-order valence-electron chi connectivity index (χ1n) is 5.69. The summed E-state index contributed by atoms with van der Waals surface area (Å²) in [6, 6.07) is 5.06. The van der Waals surface area contributed by atoms with E-state index in [2.05, 4.69) is 20.9 Å². The SMILES string of the molecule is FC(F)(F)C1(n2c(CCl)nc3cc(Br)ccc32)CC1. The van der Waals surface area contributed by atoms with Crippen molar-refractivity contribution in [1.82, 2.24) is 9.55 Å².